The van der Waals surface area contributed by atoms with Crippen molar-refractivity contribution in [2.24, 2.45) is 0 Å². The molecule has 19 heavy (non-hydrogen) atoms. The van der Waals surface area contributed by atoms with Gasteiger partial charge in [-0.15, -0.1) is 0 Å². The van der Waals surface area contributed by atoms with Gasteiger partial charge >= 0.3 is 0 Å². The molecule has 5 heteroatoms. The molecule has 1 fully saturated rings. The summed E-state index contributed by atoms with van der Waals surface area (Å²) >= 11 is 0. The van der Waals surface area contributed by atoms with Crippen LogP contribution in [0.1, 0.15) is 25.3 Å². The summed E-state index contributed by atoms with van der Waals surface area (Å²) < 4.78 is 0. The lowest BCUT2D eigenvalue weighted by molar-refractivity contribution is -0.385. The van der Waals surface area contributed by atoms with Crippen molar-refractivity contribution in [3.8, 4) is 0 Å². The van der Waals surface area contributed by atoms with Crippen LogP contribution in [0, 0.1) is 17.0 Å². The van der Waals surface area contributed by atoms with Crippen molar-refractivity contribution in [1.82, 2.24) is 5.32 Å². The minimum atomic E-state index is -0.322. The van der Waals surface area contributed by atoms with Gasteiger partial charge in [0.2, 0.25) is 0 Å². The second-order valence-corrected chi connectivity index (χ2v) is 5.01. The highest BCUT2D eigenvalue weighted by molar-refractivity contribution is 5.56. The van der Waals surface area contributed by atoms with Gasteiger partial charge in [-0.1, -0.05) is 0 Å². The highest BCUT2D eigenvalue weighted by Crippen LogP contribution is 2.26. The zero-order valence-electron chi connectivity index (χ0n) is 11.6. The molecule has 1 saturated heterocycles. The van der Waals surface area contributed by atoms with Gasteiger partial charge in [0.15, 0.2) is 0 Å². The van der Waals surface area contributed by atoms with Gasteiger partial charge in [0.25, 0.3) is 5.69 Å². The Hall–Kier alpha value is -1.62. The van der Waals surface area contributed by atoms with E-state index in [0.29, 0.717) is 6.04 Å². The molecule has 5 nitrogen and oxygen atoms in total. The molecule has 0 aliphatic carbocycles. The Morgan fingerprint density at radius 2 is 2.32 bits per heavy atom. The van der Waals surface area contributed by atoms with Gasteiger partial charge in [0.1, 0.15) is 0 Å². The van der Waals surface area contributed by atoms with Crippen LogP contribution >= 0.6 is 0 Å². The van der Waals surface area contributed by atoms with Crippen LogP contribution in [-0.4, -0.2) is 30.6 Å². The number of piperidine rings is 1. The van der Waals surface area contributed by atoms with E-state index in [4.69, 9.17) is 0 Å². The number of nitrogens with zero attached hydrogens (tertiary/aromatic N) is 2. The molecule has 1 aliphatic heterocycles. The van der Waals surface area contributed by atoms with Crippen molar-refractivity contribution in [1.29, 1.82) is 0 Å². The summed E-state index contributed by atoms with van der Waals surface area (Å²) in [5, 5.41) is 14.3. The van der Waals surface area contributed by atoms with Crippen LogP contribution < -0.4 is 10.2 Å². The summed E-state index contributed by atoms with van der Waals surface area (Å²) in [5.74, 6) is 0. The first kappa shape index (κ1) is 13.8. The summed E-state index contributed by atoms with van der Waals surface area (Å²) in [7, 11) is 0. The maximum atomic E-state index is 10.9. The quantitative estimate of drug-likeness (QED) is 0.669. The van der Waals surface area contributed by atoms with E-state index in [0.717, 1.165) is 30.9 Å². The highest BCUT2D eigenvalue weighted by atomic mass is 16.6. The lowest BCUT2D eigenvalue weighted by atomic mass is 10.0. The average Bonchev–Trinajstić information content (AvgIpc) is 2.40. The van der Waals surface area contributed by atoms with Gasteiger partial charge in [-0.3, -0.25) is 10.1 Å². The Balaban J connectivity index is 2.23. The van der Waals surface area contributed by atoms with Crippen molar-refractivity contribution in [2.75, 3.05) is 24.5 Å². The molecule has 0 amide bonds. The second-order valence-electron chi connectivity index (χ2n) is 5.01. The summed E-state index contributed by atoms with van der Waals surface area (Å²) in [6, 6.07) is 5.89. The van der Waals surface area contributed by atoms with E-state index in [1.165, 1.54) is 12.8 Å². The molecule has 0 saturated carbocycles. The average molecular weight is 263 g/mol. The third-order valence-electron chi connectivity index (χ3n) is 3.76. The number of nitrogens with one attached hydrogen (secondary N) is 1. The van der Waals surface area contributed by atoms with E-state index in [1.54, 1.807) is 13.0 Å². The Labute approximate surface area is 113 Å². The third kappa shape index (κ3) is 3.04. The number of benzene rings is 1. The largest absolute Gasteiger partial charge is 0.368 e. The molecule has 104 valence electrons. The Morgan fingerprint density at radius 1 is 1.53 bits per heavy atom. The zero-order chi connectivity index (χ0) is 13.8. The predicted molar refractivity (Wildman–Crippen MR) is 76.7 cm³/mol. The van der Waals surface area contributed by atoms with Gasteiger partial charge < -0.3 is 10.2 Å². The van der Waals surface area contributed by atoms with Crippen molar-refractivity contribution in [2.45, 2.75) is 32.7 Å². The molecule has 1 unspecified atom stereocenters. The number of nitro benzene ring substituents is 1. The molecule has 1 aromatic carbocycles. The Bertz CT molecular complexity index is 456. The topological polar surface area (TPSA) is 58.4 Å². The first-order valence-corrected chi connectivity index (χ1v) is 6.86. The summed E-state index contributed by atoms with van der Waals surface area (Å²) in [6.07, 6.45) is 2.37. The monoisotopic (exact) mass is 263 g/mol. The lowest BCUT2D eigenvalue weighted by Gasteiger charge is -2.35. The first-order valence-electron chi connectivity index (χ1n) is 6.86. The van der Waals surface area contributed by atoms with Crippen molar-refractivity contribution in [3.05, 3.63) is 33.9 Å². The second kappa shape index (κ2) is 6.02. The van der Waals surface area contributed by atoms with Crippen LogP contribution in [0.5, 0.6) is 0 Å². The van der Waals surface area contributed by atoms with Gasteiger partial charge in [0, 0.05) is 36.4 Å². The number of nitro groups is 1. The number of likely N-dealkylation sites (N-methyl/N-ethyl adjacent to an activating group) is 1. The molecular formula is C14H21N3O2. The van der Waals surface area contributed by atoms with Crippen LogP contribution in [-0.2, 0) is 0 Å². The van der Waals surface area contributed by atoms with Crippen LogP contribution in [0.25, 0.3) is 0 Å². The van der Waals surface area contributed by atoms with E-state index in [2.05, 4.69) is 17.1 Å². The fourth-order valence-electron chi connectivity index (χ4n) is 2.77. The number of aryl methyl sites for hydroxylation is 1. The molecule has 1 atom stereocenters. The van der Waals surface area contributed by atoms with Crippen molar-refractivity contribution in [3.63, 3.8) is 0 Å². The van der Waals surface area contributed by atoms with Gasteiger partial charge in [-0.2, -0.15) is 0 Å². The SMILES string of the molecule is CCN(c1ccc([N+](=O)[O-])c(C)c1)C1CCCNC1. The van der Waals surface area contributed by atoms with Crippen molar-refractivity contribution < 1.29 is 4.92 Å². The maximum Gasteiger partial charge on any atom is 0.272 e. The molecule has 0 aromatic heterocycles. The predicted octanol–water partition coefficient (Wildman–Crippen LogP) is 2.48. The maximum absolute atomic E-state index is 10.9. The number of hydrogen-bond donors (Lipinski definition) is 1. The van der Waals surface area contributed by atoms with Gasteiger partial charge in [-0.25, -0.2) is 0 Å². The number of anilines is 1. The molecule has 1 N–H and O–H groups in total. The third-order valence-corrected chi connectivity index (χ3v) is 3.76. The zero-order valence-corrected chi connectivity index (χ0v) is 11.6. The fraction of sp³-hybridized carbons (Fsp3) is 0.571. The van der Waals surface area contributed by atoms with Crippen LogP contribution in [0.15, 0.2) is 18.2 Å². The smallest absolute Gasteiger partial charge is 0.272 e. The van der Waals surface area contributed by atoms with Gasteiger partial charge in [0.05, 0.1) is 4.92 Å². The molecule has 1 aliphatic rings. The highest BCUT2D eigenvalue weighted by Gasteiger charge is 2.21. The first-order chi connectivity index (χ1) is 9.13. The lowest BCUT2D eigenvalue weighted by Crippen LogP contribution is -2.46. The molecule has 1 heterocycles. The minimum absolute atomic E-state index is 0.196. The van der Waals surface area contributed by atoms with Gasteiger partial charge in [-0.05, 0) is 45.4 Å². The Morgan fingerprint density at radius 3 is 2.84 bits per heavy atom. The van der Waals surface area contributed by atoms with E-state index < -0.39 is 0 Å². The molecule has 0 bridgehead atoms. The van der Waals surface area contributed by atoms with E-state index >= 15 is 0 Å². The standard InChI is InChI=1S/C14H21N3O2/c1-3-16(13-5-4-8-15-10-13)12-6-7-14(17(18)19)11(2)9-12/h6-7,9,13,15H,3-5,8,10H2,1-2H3. The molecule has 1 aromatic rings. The van der Waals surface area contributed by atoms with Crippen LogP contribution in [0.3, 0.4) is 0 Å². The molecule has 2 rings (SSSR count). The van der Waals surface area contributed by atoms with E-state index in [1.807, 2.05) is 12.1 Å². The van der Waals surface area contributed by atoms with E-state index in [9.17, 15) is 10.1 Å². The molecule has 0 spiro atoms. The van der Waals surface area contributed by atoms with Crippen molar-refractivity contribution >= 4 is 11.4 Å². The number of hydrogen-bond acceptors (Lipinski definition) is 4. The Kier molecular flexibility index (Phi) is 4.37. The van der Waals surface area contributed by atoms with E-state index in [-0.39, 0.29) is 10.6 Å². The van der Waals surface area contributed by atoms with Crippen LogP contribution in [0.4, 0.5) is 11.4 Å². The molecular weight excluding hydrogens is 242 g/mol. The number of rotatable bonds is 4. The summed E-state index contributed by atoms with van der Waals surface area (Å²) in [4.78, 5) is 12.9. The molecule has 0 radical (unpaired) electrons. The van der Waals surface area contributed by atoms with Crippen LogP contribution in [0.2, 0.25) is 0 Å². The normalized spacial score (nSPS) is 19.2. The summed E-state index contributed by atoms with van der Waals surface area (Å²) in [6.45, 7) is 6.93. The minimum Gasteiger partial charge on any atom is -0.368 e. The summed E-state index contributed by atoms with van der Waals surface area (Å²) in [5.41, 5.74) is 2.01. The fourth-order valence-corrected chi connectivity index (χ4v) is 2.77.